The molecule has 3 N–H and O–H groups in total. The van der Waals surface area contributed by atoms with Gasteiger partial charge in [-0.3, -0.25) is 0 Å². The van der Waals surface area contributed by atoms with Gasteiger partial charge in [-0.1, -0.05) is 6.08 Å². The molecule has 3 nitrogen and oxygen atoms in total. The minimum absolute atomic E-state index is 0.660. The highest BCUT2D eigenvalue weighted by atomic mass is 15.3. The van der Waals surface area contributed by atoms with E-state index in [9.17, 15) is 0 Å². The molecule has 0 heterocycles. The van der Waals surface area contributed by atoms with Gasteiger partial charge in [0.25, 0.3) is 0 Å². The first-order chi connectivity index (χ1) is 3.41. The summed E-state index contributed by atoms with van der Waals surface area (Å²) in [6.45, 7) is 4.12. The van der Waals surface area contributed by atoms with Crippen molar-refractivity contribution in [3.05, 3.63) is 12.7 Å². The molecule has 40 valence electrons. The highest BCUT2D eigenvalue weighted by molar-refractivity contribution is 5.50. The van der Waals surface area contributed by atoms with Crippen molar-refractivity contribution in [2.75, 3.05) is 6.54 Å². The van der Waals surface area contributed by atoms with Crippen LogP contribution in [0.2, 0.25) is 0 Å². The lowest BCUT2D eigenvalue weighted by molar-refractivity contribution is 0.830. The van der Waals surface area contributed by atoms with E-state index >= 15 is 0 Å². The van der Waals surface area contributed by atoms with Gasteiger partial charge in [0, 0.05) is 0 Å². The van der Waals surface area contributed by atoms with Gasteiger partial charge in [-0.15, -0.1) is 6.58 Å². The number of hydrazone groups is 1. The standard InChI is InChI=1S/C4H9N3/c1-2-3-6-7-4-5/h2,4,6H,1,3H2,(H2,5,7). The summed E-state index contributed by atoms with van der Waals surface area (Å²) in [5.41, 5.74) is 7.49. The lowest BCUT2D eigenvalue weighted by Gasteiger charge is -1.86. The predicted molar refractivity (Wildman–Crippen MR) is 30.9 cm³/mol. The Hall–Kier alpha value is -0.990. The molecule has 3 heteroatoms. The van der Waals surface area contributed by atoms with Gasteiger partial charge in [0.1, 0.15) is 6.34 Å². The summed E-state index contributed by atoms with van der Waals surface area (Å²) in [6, 6.07) is 0. The zero-order chi connectivity index (χ0) is 5.54. The fraction of sp³-hybridized carbons (Fsp3) is 0.250. The van der Waals surface area contributed by atoms with Gasteiger partial charge in [0.2, 0.25) is 0 Å². The summed E-state index contributed by atoms with van der Waals surface area (Å²) in [4.78, 5) is 0. The molecule has 0 aromatic rings. The van der Waals surface area contributed by atoms with E-state index in [0.717, 1.165) is 0 Å². The quantitative estimate of drug-likeness (QED) is 0.167. The van der Waals surface area contributed by atoms with E-state index in [4.69, 9.17) is 5.73 Å². The van der Waals surface area contributed by atoms with E-state index in [2.05, 4.69) is 17.1 Å². The van der Waals surface area contributed by atoms with E-state index < -0.39 is 0 Å². The fourth-order valence-electron chi connectivity index (χ4n) is 0.170. The number of hydrogen-bond donors (Lipinski definition) is 2. The zero-order valence-electron chi connectivity index (χ0n) is 4.09. The smallest absolute Gasteiger partial charge is 0.106 e. The molecule has 0 saturated carbocycles. The van der Waals surface area contributed by atoms with Crippen LogP contribution in [-0.2, 0) is 0 Å². The van der Waals surface area contributed by atoms with Crippen molar-refractivity contribution in [2.24, 2.45) is 10.8 Å². The molecule has 0 unspecified atom stereocenters. The van der Waals surface area contributed by atoms with Crippen molar-refractivity contribution >= 4 is 6.34 Å². The van der Waals surface area contributed by atoms with Gasteiger partial charge in [-0.05, 0) is 0 Å². The Morgan fingerprint density at radius 1 is 1.86 bits per heavy atom. The maximum Gasteiger partial charge on any atom is 0.106 e. The summed E-state index contributed by atoms with van der Waals surface area (Å²) < 4.78 is 0. The van der Waals surface area contributed by atoms with Gasteiger partial charge in [-0.25, -0.2) is 0 Å². The molecule has 0 saturated heterocycles. The Kier molecular flexibility index (Phi) is 4.30. The maximum absolute atomic E-state index is 4.88. The molecule has 0 spiro atoms. The number of hydrogen-bond acceptors (Lipinski definition) is 2. The molecule has 0 rings (SSSR count). The highest BCUT2D eigenvalue weighted by Crippen LogP contribution is 1.55. The molecule has 0 aliphatic carbocycles. The molecule has 0 aromatic carbocycles. The van der Waals surface area contributed by atoms with Crippen LogP contribution in [-0.4, -0.2) is 12.9 Å². The van der Waals surface area contributed by atoms with E-state index in [1.165, 1.54) is 6.34 Å². The first-order valence-electron chi connectivity index (χ1n) is 1.99. The SMILES string of the molecule is C=CCNN=CN. The Bertz CT molecular complexity index is 67.3. The van der Waals surface area contributed by atoms with Gasteiger partial charge in [0.15, 0.2) is 0 Å². The third kappa shape index (κ3) is 5.01. The Morgan fingerprint density at radius 2 is 2.57 bits per heavy atom. The summed E-state index contributed by atoms with van der Waals surface area (Å²) in [5, 5.41) is 3.49. The fourth-order valence-corrected chi connectivity index (χ4v) is 0.170. The molecule has 0 aliphatic heterocycles. The van der Waals surface area contributed by atoms with Crippen LogP contribution in [0.5, 0.6) is 0 Å². The molecule has 0 amide bonds. The first kappa shape index (κ1) is 6.01. The van der Waals surface area contributed by atoms with Crippen LogP contribution < -0.4 is 11.2 Å². The zero-order valence-corrected chi connectivity index (χ0v) is 4.09. The minimum Gasteiger partial charge on any atom is -0.388 e. The van der Waals surface area contributed by atoms with Crippen LogP contribution in [0.25, 0.3) is 0 Å². The summed E-state index contributed by atoms with van der Waals surface area (Å²) in [5.74, 6) is 0. The predicted octanol–water partition coefficient (Wildman–Crippen LogP) is -0.336. The lowest BCUT2D eigenvalue weighted by atomic mass is 10.7. The van der Waals surface area contributed by atoms with Crippen LogP contribution in [0.15, 0.2) is 17.8 Å². The van der Waals surface area contributed by atoms with Gasteiger partial charge < -0.3 is 11.2 Å². The lowest BCUT2D eigenvalue weighted by Crippen LogP contribution is -2.06. The molecule has 7 heavy (non-hydrogen) atoms. The molecule has 0 fully saturated rings. The van der Waals surface area contributed by atoms with Gasteiger partial charge in [0.05, 0.1) is 6.54 Å². The van der Waals surface area contributed by atoms with Crippen LogP contribution in [0.4, 0.5) is 0 Å². The largest absolute Gasteiger partial charge is 0.388 e. The maximum atomic E-state index is 4.88. The number of rotatable bonds is 3. The van der Waals surface area contributed by atoms with Crippen molar-refractivity contribution in [1.29, 1.82) is 0 Å². The number of nitrogens with two attached hydrogens (primary N) is 1. The average Bonchev–Trinajstić information content (AvgIpc) is 1.69. The molecule has 0 radical (unpaired) electrons. The molecular formula is C4H9N3. The highest BCUT2D eigenvalue weighted by Gasteiger charge is 1.63. The Balaban J connectivity index is 2.82. The normalized spacial score (nSPS) is 9.14. The van der Waals surface area contributed by atoms with Crippen LogP contribution in [0, 0.1) is 0 Å². The van der Waals surface area contributed by atoms with Crippen LogP contribution in [0.1, 0.15) is 0 Å². The third-order valence-electron chi connectivity index (χ3n) is 0.401. The van der Waals surface area contributed by atoms with Gasteiger partial charge in [-0.2, -0.15) is 5.10 Å². The van der Waals surface area contributed by atoms with Crippen LogP contribution in [0.3, 0.4) is 0 Å². The van der Waals surface area contributed by atoms with Crippen molar-refractivity contribution in [2.45, 2.75) is 0 Å². The second-order valence-corrected chi connectivity index (χ2v) is 0.929. The minimum atomic E-state index is 0.660. The van der Waals surface area contributed by atoms with E-state index in [-0.39, 0.29) is 0 Å². The number of nitrogens with one attached hydrogen (secondary N) is 1. The summed E-state index contributed by atoms with van der Waals surface area (Å²) in [7, 11) is 0. The van der Waals surface area contributed by atoms with E-state index in [1.54, 1.807) is 6.08 Å². The topological polar surface area (TPSA) is 50.4 Å². The third-order valence-corrected chi connectivity index (χ3v) is 0.401. The van der Waals surface area contributed by atoms with Crippen LogP contribution >= 0.6 is 0 Å². The van der Waals surface area contributed by atoms with Crippen molar-refractivity contribution in [1.82, 2.24) is 5.43 Å². The second-order valence-electron chi connectivity index (χ2n) is 0.929. The van der Waals surface area contributed by atoms with Crippen molar-refractivity contribution in [3.8, 4) is 0 Å². The molecule has 0 bridgehead atoms. The first-order valence-corrected chi connectivity index (χ1v) is 1.99. The summed E-state index contributed by atoms with van der Waals surface area (Å²) in [6.07, 6.45) is 2.90. The average molecular weight is 99.1 g/mol. The van der Waals surface area contributed by atoms with E-state index in [1.807, 2.05) is 0 Å². The van der Waals surface area contributed by atoms with Crippen molar-refractivity contribution in [3.63, 3.8) is 0 Å². The Labute approximate surface area is 42.9 Å². The molecule has 0 atom stereocenters. The summed E-state index contributed by atoms with van der Waals surface area (Å²) >= 11 is 0. The number of nitrogens with zero attached hydrogens (tertiary/aromatic N) is 1. The van der Waals surface area contributed by atoms with Gasteiger partial charge >= 0.3 is 0 Å². The molecule has 0 aromatic heterocycles. The molecule has 0 aliphatic rings. The monoisotopic (exact) mass is 99.1 g/mol. The second kappa shape index (κ2) is 5.01. The van der Waals surface area contributed by atoms with E-state index in [0.29, 0.717) is 6.54 Å². The molecular weight excluding hydrogens is 90.1 g/mol. The Morgan fingerprint density at radius 3 is 3.00 bits per heavy atom. The van der Waals surface area contributed by atoms with Crippen molar-refractivity contribution < 1.29 is 0 Å².